The zero-order valence-electron chi connectivity index (χ0n) is 21.7. The Kier molecular flexibility index (Phi) is 6.59. The maximum atomic E-state index is 13.2. The molecule has 0 aromatic heterocycles. The van der Waals surface area contributed by atoms with Crippen LogP contribution in [0.15, 0.2) is 47.4 Å². The Morgan fingerprint density at radius 1 is 0.919 bits per heavy atom. The molecule has 0 radical (unpaired) electrons. The van der Waals surface area contributed by atoms with E-state index in [4.69, 9.17) is 13.7 Å². The lowest BCUT2D eigenvalue weighted by molar-refractivity contribution is -0.157. The van der Waals surface area contributed by atoms with E-state index in [1.807, 2.05) is 13.0 Å². The number of esters is 2. The molecule has 2 aromatic rings. The lowest BCUT2D eigenvalue weighted by Crippen LogP contribution is -2.46. The van der Waals surface area contributed by atoms with Crippen LogP contribution < -0.4 is 4.18 Å². The quantitative estimate of drug-likeness (QED) is 0.369. The SMILES string of the molecule is CC(=O)OC1CC2C(CCC3(C)C(OC(C)=O)CCC23)c2c(OS(=O)(=O)c3ccccc3)ccc(C)c21. The average Bonchev–Trinajstić information content (AvgIpc) is 3.16. The van der Waals surface area contributed by atoms with Gasteiger partial charge < -0.3 is 13.7 Å². The minimum Gasteiger partial charge on any atom is -0.462 e. The van der Waals surface area contributed by atoms with Crippen molar-refractivity contribution >= 4 is 22.1 Å². The summed E-state index contributed by atoms with van der Waals surface area (Å²) in [6.45, 7) is 7.02. The summed E-state index contributed by atoms with van der Waals surface area (Å²) in [4.78, 5) is 24.1. The van der Waals surface area contributed by atoms with E-state index < -0.39 is 16.2 Å². The first kappa shape index (κ1) is 25.8. The molecule has 3 aliphatic rings. The van der Waals surface area contributed by atoms with E-state index in [1.54, 1.807) is 24.3 Å². The maximum Gasteiger partial charge on any atom is 0.339 e. The van der Waals surface area contributed by atoms with E-state index in [0.29, 0.717) is 12.2 Å². The summed E-state index contributed by atoms with van der Waals surface area (Å²) in [6, 6.07) is 11.7. The van der Waals surface area contributed by atoms with E-state index in [2.05, 4.69) is 6.92 Å². The smallest absolute Gasteiger partial charge is 0.339 e. The average molecular weight is 527 g/mol. The van der Waals surface area contributed by atoms with Gasteiger partial charge in [-0.25, -0.2) is 0 Å². The van der Waals surface area contributed by atoms with Crippen molar-refractivity contribution in [1.29, 1.82) is 0 Å². The summed E-state index contributed by atoms with van der Waals surface area (Å²) in [6.07, 6.45) is 3.38. The van der Waals surface area contributed by atoms with Gasteiger partial charge in [-0.3, -0.25) is 9.59 Å². The monoisotopic (exact) mass is 526 g/mol. The van der Waals surface area contributed by atoms with E-state index in [1.165, 1.54) is 26.0 Å². The third-order valence-corrected chi connectivity index (χ3v) is 10.1. The summed E-state index contributed by atoms with van der Waals surface area (Å²) < 4.78 is 43.9. The van der Waals surface area contributed by atoms with Crippen molar-refractivity contribution in [3.05, 3.63) is 59.2 Å². The lowest BCUT2D eigenvalue weighted by Gasteiger charge is -2.51. The van der Waals surface area contributed by atoms with Crippen LogP contribution in [0.25, 0.3) is 0 Å². The maximum absolute atomic E-state index is 13.2. The summed E-state index contributed by atoms with van der Waals surface area (Å²) in [5.41, 5.74) is 2.46. The minimum absolute atomic E-state index is 0.0526. The molecular weight excluding hydrogens is 492 g/mol. The zero-order chi connectivity index (χ0) is 26.5. The second-order valence-electron chi connectivity index (χ2n) is 11.0. The molecule has 0 N–H and O–H groups in total. The van der Waals surface area contributed by atoms with Crippen LogP contribution in [0.1, 0.15) is 81.6 Å². The first-order chi connectivity index (χ1) is 17.5. The normalized spacial score (nSPS) is 30.4. The molecular formula is C29H34O7S. The Bertz CT molecular complexity index is 1320. The zero-order valence-corrected chi connectivity index (χ0v) is 22.5. The van der Waals surface area contributed by atoms with Gasteiger partial charge in [-0.1, -0.05) is 31.2 Å². The number of ether oxygens (including phenoxy) is 2. The molecule has 0 aliphatic heterocycles. The Labute approximate surface area is 218 Å². The van der Waals surface area contributed by atoms with Gasteiger partial charge in [0.25, 0.3) is 0 Å². The molecule has 0 heterocycles. The molecule has 7 nitrogen and oxygen atoms in total. The molecule has 5 rings (SSSR count). The fourth-order valence-electron chi connectivity index (χ4n) is 7.35. The van der Waals surface area contributed by atoms with Crippen LogP contribution in [0.2, 0.25) is 0 Å². The molecule has 2 fully saturated rings. The van der Waals surface area contributed by atoms with Crippen LogP contribution in [0.5, 0.6) is 5.75 Å². The van der Waals surface area contributed by atoms with E-state index in [0.717, 1.165) is 42.4 Å². The van der Waals surface area contributed by atoms with Crippen LogP contribution in [-0.4, -0.2) is 26.5 Å². The van der Waals surface area contributed by atoms with Crippen LogP contribution in [-0.2, 0) is 29.2 Å². The Morgan fingerprint density at radius 2 is 1.62 bits per heavy atom. The van der Waals surface area contributed by atoms with Gasteiger partial charge >= 0.3 is 22.1 Å². The minimum atomic E-state index is -4.06. The largest absolute Gasteiger partial charge is 0.462 e. The van der Waals surface area contributed by atoms with E-state index in [-0.39, 0.29) is 46.1 Å². The number of rotatable bonds is 5. The van der Waals surface area contributed by atoms with Gasteiger partial charge in [0.05, 0.1) is 0 Å². The van der Waals surface area contributed by atoms with Crippen molar-refractivity contribution in [1.82, 2.24) is 0 Å². The van der Waals surface area contributed by atoms with Gasteiger partial charge in [-0.15, -0.1) is 0 Å². The molecule has 198 valence electrons. The fraction of sp³-hybridized carbons (Fsp3) is 0.517. The molecule has 0 bridgehead atoms. The molecule has 6 unspecified atom stereocenters. The van der Waals surface area contributed by atoms with Crippen LogP contribution in [0.4, 0.5) is 0 Å². The van der Waals surface area contributed by atoms with Gasteiger partial charge in [-0.05, 0) is 80.5 Å². The second-order valence-corrected chi connectivity index (χ2v) is 12.5. The number of aryl methyl sites for hydroxylation is 1. The van der Waals surface area contributed by atoms with Gasteiger partial charge in [0.15, 0.2) is 0 Å². The highest BCUT2D eigenvalue weighted by atomic mass is 32.2. The highest BCUT2D eigenvalue weighted by Crippen LogP contribution is 2.64. The van der Waals surface area contributed by atoms with Gasteiger partial charge in [0.2, 0.25) is 0 Å². The molecule has 37 heavy (non-hydrogen) atoms. The molecule has 3 aliphatic carbocycles. The van der Waals surface area contributed by atoms with Crippen LogP contribution in [0.3, 0.4) is 0 Å². The van der Waals surface area contributed by atoms with Crippen LogP contribution >= 0.6 is 0 Å². The van der Waals surface area contributed by atoms with Crippen LogP contribution in [0, 0.1) is 24.2 Å². The molecule has 0 spiro atoms. The highest BCUT2D eigenvalue weighted by Gasteiger charge is 2.58. The molecule has 8 heteroatoms. The molecule has 2 saturated carbocycles. The fourth-order valence-corrected chi connectivity index (χ4v) is 8.32. The summed E-state index contributed by atoms with van der Waals surface area (Å²) in [7, 11) is -4.06. The van der Waals surface area contributed by atoms with Crippen molar-refractivity contribution in [2.45, 2.75) is 82.8 Å². The molecule has 6 atom stereocenters. The van der Waals surface area contributed by atoms with Gasteiger partial charge in [0.1, 0.15) is 22.9 Å². The second kappa shape index (κ2) is 9.46. The number of hydrogen-bond acceptors (Lipinski definition) is 7. The number of hydrogen-bond donors (Lipinski definition) is 0. The number of carbonyl (C=O) groups is 2. The lowest BCUT2D eigenvalue weighted by atomic mass is 9.54. The predicted octanol–water partition coefficient (Wildman–Crippen LogP) is 5.61. The van der Waals surface area contributed by atoms with Crippen molar-refractivity contribution in [3.63, 3.8) is 0 Å². The molecule has 2 aromatic carbocycles. The van der Waals surface area contributed by atoms with Gasteiger partial charge in [0, 0.05) is 30.4 Å². The van der Waals surface area contributed by atoms with Gasteiger partial charge in [-0.2, -0.15) is 8.42 Å². The van der Waals surface area contributed by atoms with Crippen molar-refractivity contribution < 1.29 is 31.7 Å². The summed E-state index contributed by atoms with van der Waals surface area (Å²) in [5.74, 6) is 0.102. The van der Waals surface area contributed by atoms with E-state index in [9.17, 15) is 18.0 Å². The van der Waals surface area contributed by atoms with Crippen molar-refractivity contribution in [2.24, 2.45) is 17.3 Å². The molecule has 0 amide bonds. The molecule has 0 saturated heterocycles. The Morgan fingerprint density at radius 3 is 2.30 bits per heavy atom. The topological polar surface area (TPSA) is 96.0 Å². The first-order valence-corrected chi connectivity index (χ1v) is 14.4. The number of fused-ring (bicyclic) bond motifs is 5. The Balaban J connectivity index is 1.59. The number of carbonyl (C=O) groups excluding carboxylic acids is 2. The summed E-state index contributed by atoms with van der Waals surface area (Å²) >= 11 is 0. The number of benzene rings is 2. The Hall–Kier alpha value is -2.87. The first-order valence-electron chi connectivity index (χ1n) is 13.0. The van der Waals surface area contributed by atoms with E-state index >= 15 is 0 Å². The third-order valence-electron chi connectivity index (χ3n) is 8.84. The summed E-state index contributed by atoms with van der Waals surface area (Å²) in [5, 5.41) is 0. The van der Waals surface area contributed by atoms with Crippen molar-refractivity contribution in [3.8, 4) is 5.75 Å². The highest BCUT2D eigenvalue weighted by molar-refractivity contribution is 7.87. The standard InChI is InChI=1S/C29H34O7S/c1-17-10-12-24(36-37(32,33)20-8-6-5-7-9-20)28-21-14-15-29(4)23(11-13-26(29)35-19(3)31)22(21)16-25(27(17)28)34-18(2)30/h5-10,12,21-23,25-26H,11,13-16H2,1-4H3. The third kappa shape index (κ3) is 4.54. The predicted molar refractivity (Wildman–Crippen MR) is 136 cm³/mol. The van der Waals surface area contributed by atoms with Crippen molar-refractivity contribution in [2.75, 3.05) is 0 Å².